The fourth-order valence-corrected chi connectivity index (χ4v) is 5.98. The minimum atomic E-state index is -0.390. The highest BCUT2D eigenvalue weighted by Gasteiger charge is 2.23. The van der Waals surface area contributed by atoms with Crippen LogP contribution in [0, 0.1) is 0 Å². The van der Waals surface area contributed by atoms with Gasteiger partial charge in [0.05, 0.1) is 39.9 Å². The van der Waals surface area contributed by atoms with Gasteiger partial charge in [-0.25, -0.2) is 0 Å². The van der Waals surface area contributed by atoms with E-state index in [1.807, 2.05) is 24.3 Å². The van der Waals surface area contributed by atoms with E-state index in [1.165, 1.54) is 33.1 Å². The van der Waals surface area contributed by atoms with Crippen LogP contribution in [0.1, 0.15) is 10.4 Å². The quantitative estimate of drug-likeness (QED) is 0.121. The van der Waals surface area contributed by atoms with E-state index in [1.54, 1.807) is 37.4 Å². The Bertz CT molecular complexity index is 1940. The fraction of sp³-hybridized carbons (Fsp3) is 0.188. The van der Waals surface area contributed by atoms with Crippen molar-refractivity contribution in [1.82, 2.24) is 4.98 Å². The zero-order chi connectivity index (χ0) is 31.4. The van der Waals surface area contributed by atoms with Crippen LogP contribution in [-0.4, -0.2) is 50.9 Å². The molecule has 0 atom stereocenters. The highest BCUT2D eigenvalue weighted by atomic mass is 32.2. The molecular weight excluding hydrogens is 606 g/mol. The first-order chi connectivity index (χ1) is 21.3. The summed E-state index contributed by atoms with van der Waals surface area (Å²) in [6.07, 6.45) is 0. The van der Waals surface area contributed by atoms with Crippen molar-refractivity contribution in [3.05, 3.63) is 91.5 Å². The molecule has 0 fully saturated rings. The van der Waals surface area contributed by atoms with Gasteiger partial charge in [-0.1, -0.05) is 30.0 Å². The van der Waals surface area contributed by atoms with Gasteiger partial charge in [0, 0.05) is 28.3 Å². The van der Waals surface area contributed by atoms with Crippen molar-refractivity contribution in [2.45, 2.75) is 4.90 Å². The zero-order valence-corrected chi connectivity index (χ0v) is 26.0. The monoisotopic (exact) mass is 635 g/mol. The van der Waals surface area contributed by atoms with Crippen molar-refractivity contribution in [2.75, 3.05) is 40.8 Å². The average molecular weight is 636 g/mol. The summed E-state index contributed by atoms with van der Waals surface area (Å²) in [5.74, 6) is 2.34. The minimum Gasteiger partial charge on any atom is -0.496 e. The van der Waals surface area contributed by atoms with Gasteiger partial charge in [-0.15, -0.1) is 11.8 Å². The Morgan fingerprint density at radius 2 is 1.66 bits per heavy atom. The number of fused-ring (bicyclic) bond motifs is 1. The summed E-state index contributed by atoms with van der Waals surface area (Å²) in [7, 11) is 6.05. The van der Waals surface area contributed by atoms with Gasteiger partial charge in [-0.2, -0.15) is 0 Å². The Morgan fingerprint density at radius 3 is 2.30 bits per heavy atom. The summed E-state index contributed by atoms with van der Waals surface area (Å²) < 4.78 is 34.1. The molecule has 44 heavy (non-hydrogen) atoms. The molecule has 0 aliphatic rings. The molecule has 2 N–H and O–H groups in total. The number of benzene rings is 3. The van der Waals surface area contributed by atoms with Crippen molar-refractivity contribution >= 4 is 39.6 Å². The van der Waals surface area contributed by atoms with E-state index in [2.05, 4.69) is 11.6 Å². The van der Waals surface area contributed by atoms with E-state index in [0.717, 1.165) is 21.8 Å². The molecule has 12 heteroatoms. The summed E-state index contributed by atoms with van der Waals surface area (Å²) in [6, 6.07) is 16.0. The van der Waals surface area contributed by atoms with E-state index >= 15 is 0 Å². The number of methoxy groups -OCH3 is 4. The largest absolute Gasteiger partial charge is 0.496 e. The minimum absolute atomic E-state index is 0.0331. The van der Waals surface area contributed by atoms with Gasteiger partial charge in [0.1, 0.15) is 22.5 Å². The number of thioether (sulfide) groups is 1. The van der Waals surface area contributed by atoms with Crippen LogP contribution in [-0.2, 0) is 0 Å². The maximum absolute atomic E-state index is 13.9. The van der Waals surface area contributed by atoms with E-state index in [-0.39, 0.29) is 39.8 Å². The molecule has 2 aromatic heterocycles. The maximum Gasteiger partial charge on any atom is 0.307 e. The smallest absolute Gasteiger partial charge is 0.307 e. The third kappa shape index (κ3) is 6.12. The molecule has 0 aliphatic carbocycles. The number of hydrogen-bond acceptors (Lipinski definition) is 11. The van der Waals surface area contributed by atoms with Gasteiger partial charge >= 0.3 is 4.87 Å². The second-order valence-corrected chi connectivity index (χ2v) is 11.4. The Morgan fingerprint density at radius 1 is 0.932 bits per heavy atom. The zero-order valence-electron chi connectivity index (χ0n) is 24.3. The van der Waals surface area contributed by atoms with Gasteiger partial charge in [-0.05, 0) is 41.5 Å². The summed E-state index contributed by atoms with van der Waals surface area (Å²) in [5.41, 5.74) is 1.76. The van der Waals surface area contributed by atoms with E-state index in [9.17, 15) is 14.7 Å². The van der Waals surface area contributed by atoms with Crippen LogP contribution in [0.25, 0.3) is 27.9 Å². The molecule has 10 nitrogen and oxygen atoms in total. The third-order valence-corrected chi connectivity index (χ3v) is 8.61. The molecule has 0 bridgehead atoms. The van der Waals surface area contributed by atoms with Gasteiger partial charge in [0.2, 0.25) is 17.1 Å². The number of aromatic amines is 1. The van der Waals surface area contributed by atoms with Crippen LogP contribution >= 0.6 is 23.1 Å². The summed E-state index contributed by atoms with van der Waals surface area (Å²) in [6.45, 7) is 4.20. The molecule has 0 amide bonds. The van der Waals surface area contributed by atoms with Crippen molar-refractivity contribution in [1.29, 1.82) is 0 Å². The highest BCUT2D eigenvalue weighted by molar-refractivity contribution is 7.99. The number of rotatable bonds is 12. The maximum atomic E-state index is 13.9. The van der Waals surface area contributed by atoms with Crippen molar-refractivity contribution in [2.24, 2.45) is 0 Å². The normalized spacial score (nSPS) is 10.9. The molecule has 0 spiro atoms. The average Bonchev–Trinajstić information content (AvgIpc) is 3.39. The molecule has 228 valence electrons. The molecule has 0 radical (unpaired) electrons. The molecule has 0 aliphatic heterocycles. The first kappa shape index (κ1) is 30.6. The Labute approximate surface area is 260 Å². The van der Waals surface area contributed by atoms with Gasteiger partial charge in [0.15, 0.2) is 17.3 Å². The topological polar surface area (TPSA) is 129 Å². The van der Waals surface area contributed by atoms with Crippen LogP contribution < -0.4 is 34.0 Å². The number of hydrogen-bond donors (Lipinski definition) is 2. The van der Waals surface area contributed by atoms with Gasteiger partial charge in [-0.3, -0.25) is 14.6 Å². The molecule has 5 aromatic rings. The van der Waals surface area contributed by atoms with Crippen LogP contribution in [0.4, 0.5) is 0 Å². The van der Waals surface area contributed by atoms with Crippen LogP contribution in [0.5, 0.6) is 34.6 Å². The van der Waals surface area contributed by atoms with Crippen LogP contribution in [0.2, 0.25) is 0 Å². The molecule has 3 aromatic carbocycles. The fourth-order valence-electron chi connectivity index (χ4n) is 4.53. The van der Waals surface area contributed by atoms with E-state index in [4.69, 9.17) is 28.1 Å². The van der Waals surface area contributed by atoms with Crippen molar-refractivity contribution in [3.8, 4) is 46.0 Å². The standard InChI is InChI=1S/C32H29NO9S2/c1-17(30-31(35)33-32(36)44-30)18-6-9-21(10-7-18)43-13-12-41-29-27(34)26-24(40-5)15-20(37-2)16-25(26)42-28(29)19-8-11-22(38-3)23(14-19)39-4/h6-11,14-16,35H,1,12-13H2,2-5H3,(H,33,36). The second kappa shape index (κ2) is 13.2. The predicted octanol–water partition coefficient (Wildman–Crippen LogP) is 6.18. The van der Waals surface area contributed by atoms with E-state index in [0.29, 0.717) is 44.8 Å². The molecular formula is C32H29NO9S2. The summed E-state index contributed by atoms with van der Waals surface area (Å²) in [5, 5.41) is 10.2. The number of aromatic nitrogens is 1. The molecule has 2 heterocycles. The van der Waals surface area contributed by atoms with E-state index < -0.39 is 5.43 Å². The van der Waals surface area contributed by atoms with Gasteiger partial charge < -0.3 is 33.2 Å². The number of H-pyrrole nitrogens is 1. The highest BCUT2D eigenvalue weighted by Crippen LogP contribution is 2.39. The predicted molar refractivity (Wildman–Crippen MR) is 172 cm³/mol. The first-order valence-corrected chi connectivity index (χ1v) is 15.0. The second-order valence-electron chi connectivity index (χ2n) is 9.25. The lowest BCUT2D eigenvalue weighted by atomic mass is 10.1. The number of ether oxygens (including phenoxy) is 5. The summed E-state index contributed by atoms with van der Waals surface area (Å²) in [4.78, 5) is 28.8. The van der Waals surface area contributed by atoms with Crippen LogP contribution in [0.3, 0.4) is 0 Å². The third-order valence-electron chi connectivity index (χ3n) is 6.70. The Hall–Kier alpha value is -4.81. The number of nitrogens with one attached hydrogen (secondary N) is 1. The Balaban J connectivity index is 1.41. The number of aromatic hydroxyl groups is 1. The first-order valence-electron chi connectivity index (χ1n) is 13.2. The SMILES string of the molecule is C=C(c1ccc(SCCOc2c(-c3ccc(OC)c(OC)c3)oc3cc(OC)cc(OC)c3c2=O)cc1)c1sc(=O)[nH]c1O. The number of thiazole rings is 1. The lowest BCUT2D eigenvalue weighted by Crippen LogP contribution is -2.13. The lowest BCUT2D eigenvalue weighted by Gasteiger charge is -2.15. The Kier molecular flexibility index (Phi) is 9.21. The summed E-state index contributed by atoms with van der Waals surface area (Å²) >= 11 is 2.43. The molecule has 0 saturated carbocycles. The molecule has 5 rings (SSSR count). The van der Waals surface area contributed by atoms with Crippen LogP contribution in [0.15, 0.2) is 80.1 Å². The van der Waals surface area contributed by atoms with Crippen molar-refractivity contribution < 1.29 is 33.2 Å². The van der Waals surface area contributed by atoms with Gasteiger partial charge in [0.25, 0.3) is 0 Å². The molecule has 0 unspecified atom stereocenters. The molecule has 0 saturated heterocycles. The van der Waals surface area contributed by atoms with Crippen molar-refractivity contribution in [3.63, 3.8) is 0 Å². The lowest BCUT2D eigenvalue weighted by molar-refractivity contribution is 0.332.